The van der Waals surface area contributed by atoms with E-state index in [-0.39, 0.29) is 5.91 Å². The van der Waals surface area contributed by atoms with Crippen LogP contribution in [0.3, 0.4) is 0 Å². The van der Waals surface area contributed by atoms with Gasteiger partial charge in [0.15, 0.2) is 0 Å². The number of fused-ring (bicyclic) bond motifs is 1. The van der Waals surface area contributed by atoms with Gasteiger partial charge in [-0.15, -0.1) is 0 Å². The number of pyridine rings is 2. The number of anilines is 1. The molecule has 0 spiro atoms. The second-order valence-electron chi connectivity index (χ2n) is 8.68. The van der Waals surface area contributed by atoms with Crippen molar-refractivity contribution in [2.45, 2.75) is 6.73 Å². The van der Waals surface area contributed by atoms with Crippen molar-refractivity contribution in [1.82, 2.24) is 19.4 Å². The summed E-state index contributed by atoms with van der Waals surface area (Å²) >= 11 is 0. The van der Waals surface area contributed by atoms with Gasteiger partial charge in [-0.1, -0.05) is 18.2 Å². The van der Waals surface area contributed by atoms with Gasteiger partial charge in [0, 0.05) is 59.5 Å². The number of hydrogen-bond donors (Lipinski definition) is 3. The highest BCUT2D eigenvalue weighted by molar-refractivity contribution is 7.46. The third-order valence-electron chi connectivity index (χ3n) is 5.54. The van der Waals surface area contributed by atoms with Gasteiger partial charge in [-0.05, 0) is 49.5 Å². The van der Waals surface area contributed by atoms with Crippen molar-refractivity contribution in [3.05, 3.63) is 73.2 Å². The molecule has 3 heterocycles. The smallest absolute Gasteiger partial charge is 0.471 e. The van der Waals surface area contributed by atoms with Crippen molar-refractivity contribution in [3.8, 4) is 28.1 Å². The number of nitrogens with one attached hydrogen (secondary N) is 1. The van der Waals surface area contributed by atoms with Crippen LogP contribution in [0.1, 0.15) is 0 Å². The van der Waals surface area contributed by atoms with E-state index in [0.29, 0.717) is 23.8 Å². The lowest BCUT2D eigenvalue weighted by atomic mass is 10.0. The molecule has 11 nitrogen and oxygen atoms in total. The SMILES string of the molecule is COc1cc(-c2cn(COP(=O)(O)O)c3ncc(-c4cccc(NC(=O)C=CCN(C)C)c4)cc23)ccn1. The van der Waals surface area contributed by atoms with Gasteiger partial charge in [-0.25, -0.2) is 14.5 Å². The van der Waals surface area contributed by atoms with Crippen LogP contribution in [-0.2, 0) is 20.6 Å². The van der Waals surface area contributed by atoms with E-state index in [1.54, 1.807) is 42.9 Å². The van der Waals surface area contributed by atoms with E-state index in [9.17, 15) is 19.1 Å². The summed E-state index contributed by atoms with van der Waals surface area (Å²) in [5.41, 5.74) is 4.25. The molecule has 1 amide bonds. The Morgan fingerprint density at radius 3 is 2.68 bits per heavy atom. The third kappa shape index (κ3) is 6.91. The number of carbonyl (C=O) groups excluding carboxylic acids is 1. The summed E-state index contributed by atoms with van der Waals surface area (Å²) in [5.74, 6) is 0.190. The number of rotatable bonds is 10. The van der Waals surface area contributed by atoms with Crippen molar-refractivity contribution in [2.75, 3.05) is 33.1 Å². The first-order valence-corrected chi connectivity index (χ1v) is 13.1. The predicted molar refractivity (Wildman–Crippen MR) is 144 cm³/mol. The topological polar surface area (TPSA) is 139 Å². The van der Waals surface area contributed by atoms with Gasteiger partial charge >= 0.3 is 7.82 Å². The fourth-order valence-corrected chi connectivity index (χ4v) is 4.09. The number of aromatic nitrogens is 3. The molecule has 198 valence electrons. The number of nitrogens with zero attached hydrogens (tertiary/aromatic N) is 4. The number of phosphoric ester groups is 1. The molecule has 0 radical (unpaired) electrons. The van der Waals surface area contributed by atoms with Crippen LogP contribution in [0, 0.1) is 0 Å². The largest absolute Gasteiger partial charge is 0.481 e. The molecular weight excluding hydrogens is 509 g/mol. The van der Waals surface area contributed by atoms with E-state index in [1.165, 1.54) is 17.8 Å². The Hall–Kier alpha value is -3.86. The fourth-order valence-electron chi connectivity index (χ4n) is 3.81. The minimum absolute atomic E-state index is 0.228. The first-order valence-electron chi connectivity index (χ1n) is 11.5. The molecule has 3 aromatic heterocycles. The molecule has 3 N–H and O–H groups in total. The summed E-state index contributed by atoms with van der Waals surface area (Å²) in [6.07, 6.45) is 8.26. The first-order chi connectivity index (χ1) is 18.1. The number of amides is 1. The number of phosphoric acid groups is 1. The van der Waals surface area contributed by atoms with Crippen LogP contribution in [0.4, 0.5) is 5.69 Å². The van der Waals surface area contributed by atoms with Gasteiger partial charge in [-0.3, -0.25) is 9.32 Å². The zero-order chi connectivity index (χ0) is 27.3. The highest BCUT2D eigenvalue weighted by atomic mass is 31.2. The molecule has 12 heteroatoms. The highest BCUT2D eigenvalue weighted by Gasteiger charge is 2.18. The van der Waals surface area contributed by atoms with E-state index in [1.807, 2.05) is 43.3 Å². The van der Waals surface area contributed by atoms with Gasteiger partial charge in [0.2, 0.25) is 11.8 Å². The quantitative estimate of drug-likeness (QED) is 0.203. The van der Waals surface area contributed by atoms with E-state index in [2.05, 4.69) is 15.3 Å². The lowest BCUT2D eigenvalue weighted by Crippen LogP contribution is -2.12. The molecule has 1 aromatic carbocycles. The lowest BCUT2D eigenvalue weighted by Gasteiger charge is -2.09. The van der Waals surface area contributed by atoms with Crippen molar-refractivity contribution >= 4 is 30.5 Å². The van der Waals surface area contributed by atoms with Crippen LogP contribution in [0.2, 0.25) is 0 Å². The minimum Gasteiger partial charge on any atom is -0.481 e. The Kier molecular flexibility index (Phi) is 8.35. The second-order valence-corrected chi connectivity index (χ2v) is 9.92. The molecule has 0 bridgehead atoms. The maximum absolute atomic E-state index is 12.3. The van der Waals surface area contributed by atoms with Crippen LogP contribution < -0.4 is 10.1 Å². The lowest BCUT2D eigenvalue weighted by molar-refractivity contribution is -0.111. The van der Waals surface area contributed by atoms with Crippen LogP contribution >= 0.6 is 7.82 Å². The van der Waals surface area contributed by atoms with E-state index < -0.39 is 14.6 Å². The Morgan fingerprint density at radius 2 is 1.95 bits per heavy atom. The Bertz CT molecular complexity index is 1530. The van der Waals surface area contributed by atoms with E-state index in [4.69, 9.17) is 9.26 Å². The van der Waals surface area contributed by atoms with Gasteiger partial charge in [0.05, 0.1) is 7.11 Å². The number of ether oxygens (including phenoxy) is 1. The number of carbonyl (C=O) groups is 1. The third-order valence-corrected chi connectivity index (χ3v) is 5.99. The van der Waals surface area contributed by atoms with Crippen LogP contribution in [0.15, 0.2) is 73.2 Å². The molecule has 0 aliphatic rings. The highest BCUT2D eigenvalue weighted by Crippen LogP contribution is 2.38. The van der Waals surface area contributed by atoms with Crippen molar-refractivity contribution in [3.63, 3.8) is 0 Å². The molecule has 4 aromatic rings. The maximum Gasteiger partial charge on any atom is 0.471 e. The Morgan fingerprint density at radius 1 is 1.13 bits per heavy atom. The Balaban J connectivity index is 1.71. The van der Waals surface area contributed by atoms with Gasteiger partial charge in [0.1, 0.15) is 12.4 Å². The molecule has 0 unspecified atom stereocenters. The van der Waals surface area contributed by atoms with Crippen molar-refractivity contribution in [2.24, 2.45) is 0 Å². The number of methoxy groups -OCH3 is 1. The standard InChI is InChI=1S/C26H28N5O6P/c1-30(2)11-5-8-24(32)29-21-7-4-6-18(12-21)20-13-22-23(19-9-10-27-25(14-19)36-3)16-31(26(22)28-15-20)17-37-38(33,34)35/h4-10,12-16H,11,17H2,1-3H3,(H,29,32)(H2,33,34,35). The molecular formula is C26H28N5O6P. The molecule has 0 atom stereocenters. The molecule has 0 saturated carbocycles. The maximum atomic E-state index is 12.3. The number of benzene rings is 1. The number of hydrogen-bond acceptors (Lipinski definition) is 7. The van der Waals surface area contributed by atoms with Crippen LogP contribution in [0.25, 0.3) is 33.3 Å². The summed E-state index contributed by atoms with van der Waals surface area (Å²) in [5, 5.41) is 3.60. The molecule has 0 fully saturated rings. The average Bonchev–Trinajstić information content (AvgIpc) is 3.25. The normalized spacial score (nSPS) is 11.9. The summed E-state index contributed by atoms with van der Waals surface area (Å²) in [6.45, 7) is 0.266. The molecule has 0 aliphatic carbocycles. The van der Waals surface area contributed by atoms with E-state index in [0.717, 1.165) is 27.6 Å². The second kappa shape index (κ2) is 11.7. The zero-order valence-electron chi connectivity index (χ0n) is 21.1. The van der Waals surface area contributed by atoms with Crippen LogP contribution in [0.5, 0.6) is 5.88 Å². The van der Waals surface area contributed by atoms with Gasteiger partial charge in [0.25, 0.3) is 0 Å². The molecule has 4 rings (SSSR count). The first kappa shape index (κ1) is 27.2. The predicted octanol–water partition coefficient (Wildman–Crippen LogP) is 3.90. The van der Waals surface area contributed by atoms with Gasteiger partial charge < -0.3 is 29.3 Å². The van der Waals surface area contributed by atoms with Crippen LogP contribution in [-0.4, -0.2) is 62.9 Å². The monoisotopic (exact) mass is 537 g/mol. The summed E-state index contributed by atoms with van der Waals surface area (Å²) < 4.78 is 22.8. The van der Waals surface area contributed by atoms with E-state index >= 15 is 0 Å². The minimum atomic E-state index is -4.69. The Labute approximate surface area is 219 Å². The number of likely N-dealkylation sites (N-methyl/N-ethyl adjacent to an activating group) is 1. The summed E-state index contributed by atoms with van der Waals surface area (Å²) in [6, 6.07) is 12.9. The van der Waals surface area contributed by atoms with Crippen molar-refractivity contribution < 1.29 is 28.4 Å². The van der Waals surface area contributed by atoms with Gasteiger partial charge in [-0.2, -0.15) is 0 Å². The zero-order valence-corrected chi connectivity index (χ0v) is 22.0. The van der Waals surface area contributed by atoms with Crippen molar-refractivity contribution in [1.29, 1.82) is 0 Å². The average molecular weight is 538 g/mol. The molecule has 0 aliphatic heterocycles. The molecule has 0 saturated heterocycles. The molecule has 38 heavy (non-hydrogen) atoms. The summed E-state index contributed by atoms with van der Waals surface area (Å²) in [7, 11) is 0.674. The fraction of sp³-hybridized carbons (Fsp3) is 0.192. The summed E-state index contributed by atoms with van der Waals surface area (Å²) in [4.78, 5) is 41.4.